The summed E-state index contributed by atoms with van der Waals surface area (Å²) in [6, 6.07) is 1.85. The molecule has 0 saturated heterocycles. The molecule has 0 amide bonds. The van der Waals surface area contributed by atoms with Gasteiger partial charge in [0.2, 0.25) is 0 Å². The van der Waals surface area contributed by atoms with E-state index < -0.39 is 17.6 Å². The molecule has 0 bridgehead atoms. The Kier molecular flexibility index (Phi) is 9.56. The summed E-state index contributed by atoms with van der Waals surface area (Å²) < 4.78 is 5.15. The molecule has 0 aliphatic heterocycles. The molecule has 1 aliphatic rings. The highest BCUT2D eigenvalue weighted by Crippen LogP contribution is 2.30. The fraction of sp³-hybridized carbons (Fsp3) is 0.593. The molecule has 0 saturated carbocycles. The first kappa shape index (κ1) is 26.9. The van der Waals surface area contributed by atoms with E-state index in [1.165, 1.54) is 5.57 Å². The first-order chi connectivity index (χ1) is 15.4. The van der Waals surface area contributed by atoms with Gasteiger partial charge in [0, 0.05) is 36.7 Å². The SMILES string of the molecule is C/C1=C/CC(/C(C)=C/c2cc(C)on2)CC(=O)C[C@H](O)C(C)(C)C(=O)C[C@@H](O)[C@@H](C)/C=C/C1. The van der Waals surface area contributed by atoms with Crippen molar-refractivity contribution in [2.45, 2.75) is 85.9 Å². The topological polar surface area (TPSA) is 101 Å². The molecule has 2 N–H and O–H groups in total. The van der Waals surface area contributed by atoms with Crippen LogP contribution in [0, 0.1) is 24.2 Å². The Hall–Kier alpha value is -2.31. The Morgan fingerprint density at radius 2 is 1.88 bits per heavy atom. The molecule has 6 nitrogen and oxygen atoms in total. The standard InChI is InChI=1S/C27H39NO5/c1-17-8-7-9-18(2)24(30)16-26(32)27(5,6)25(31)15-23(29)14-21(11-10-17)19(3)12-22-13-20(4)33-28-22/h7,9-10,12-13,18,21,24-25,30-31H,8,11,14-16H2,1-6H3/b9-7+,17-10-,19-12+/t18-,21?,24+,25-/m0/s1. The second-order valence-electron chi connectivity index (χ2n) is 10.1. The first-order valence-electron chi connectivity index (χ1n) is 11.7. The number of hydrogen-bond donors (Lipinski definition) is 2. The zero-order valence-corrected chi connectivity index (χ0v) is 20.8. The average Bonchev–Trinajstić information content (AvgIpc) is 3.14. The van der Waals surface area contributed by atoms with Crippen molar-refractivity contribution in [1.29, 1.82) is 0 Å². The number of carbonyl (C=O) groups excluding carboxylic acids is 2. The minimum atomic E-state index is -1.12. The smallest absolute Gasteiger partial charge is 0.143 e. The van der Waals surface area contributed by atoms with Gasteiger partial charge in [-0.1, -0.05) is 55.3 Å². The minimum Gasteiger partial charge on any atom is -0.392 e. The lowest BCUT2D eigenvalue weighted by Gasteiger charge is -2.30. The van der Waals surface area contributed by atoms with E-state index in [0.717, 1.165) is 17.8 Å². The molecule has 1 unspecified atom stereocenters. The number of aliphatic hydroxyl groups is 2. The van der Waals surface area contributed by atoms with E-state index in [1.807, 2.05) is 52.0 Å². The summed E-state index contributed by atoms with van der Waals surface area (Å²) in [5.41, 5.74) is 1.78. The molecule has 0 radical (unpaired) electrons. The number of nitrogens with zero attached hydrogens (tertiary/aromatic N) is 1. The summed E-state index contributed by atoms with van der Waals surface area (Å²) in [6.45, 7) is 11.0. The molecular formula is C27H39NO5. The number of aromatic nitrogens is 1. The molecule has 1 aromatic heterocycles. The van der Waals surface area contributed by atoms with Gasteiger partial charge in [-0.3, -0.25) is 9.59 Å². The molecule has 1 heterocycles. The Bertz CT molecular complexity index is 921. The summed E-state index contributed by atoms with van der Waals surface area (Å²) in [6.07, 6.45) is 7.62. The summed E-state index contributed by atoms with van der Waals surface area (Å²) in [7, 11) is 0. The molecule has 182 valence electrons. The van der Waals surface area contributed by atoms with Gasteiger partial charge in [0.15, 0.2) is 0 Å². The first-order valence-corrected chi connectivity index (χ1v) is 11.7. The van der Waals surface area contributed by atoms with Crippen molar-refractivity contribution in [3.8, 4) is 0 Å². The summed E-state index contributed by atoms with van der Waals surface area (Å²) >= 11 is 0. The highest BCUT2D eigenvalue weighted by molar-refractivity contribution is 5.87. The predicted octanol–water partition coefficient (Wildman–Crippen LogP) is 4.99. The van der Waals surface area contributed by atoms with Gasteiger partial charge in [-0.15, -0.1) is 0 Å². The van der Waals surface area contributed by atoms with Gasteiger partial charge in [-0.05, 0) is 45.6 Å². The van der Waals surface area contributed by atoms with E-state index in [-0.39, 0.29) is 42.7 Å². The third-order valence-electron chi connectivity index (χ3n) is 6.74. The van der Waals surface area contributed by atoms with Crippen molar-refractivity contribution in [3.05, 3.63) is 46.9 Å². The lowest BCUT2D eigenvalue weighted by molar-refractivity contribution is -0.137. The highest BCUT2D eigenvalue weighted by atomic mass is 16.5. The van der Waals surface area contributed by atoms with Crippen LogP contribution in [0.3, 0.4) is 0 Å². The molecule has 1 aliphatic carbocycles. The molecule has 2 rings (SSSR count). The van der Waals surface area contributed by atoms with Crippen LogP contribution in [-0.4, -0.2) is 39.1 Å². The Morgan fingerprint density at radius 1 is 1.18 bits per heavy atom. The molecule has 33 heavy (non-hydrogen) atoms. The largest absolute Gasteiger partial charge is 0.392 e. The zero-order valence-electron chi connectivity index (χ0n) is 20.8. The maximum absolute atomic E-state index is 12.9. The Morgan fingerprint density at radius 3 is 2.52 bits per heavy atom. The van der Waals surface area contributed by atoms with E-state index in [9.17, 15) is 19.8 Å². The van der Waals surface area contributed by atoms with E-state index >= 15 is 0 Å². The lowest BCUT2D eigenvalue weighted by atomic mass is 9.76. The van der Waals surface area contributed by atoms with Gasteiger partial charge in [0.25, 0.3) is 0 Å². The number of carbonyl (C=O) groups is 2. The lowest BCUT2D eigenvalue weighted by Crippen LogP contribution is -2.40. The van der Waals surface area contributed by atoms with Crippen LogP contribution < -0.4 is 0 Å². The van der Waals surface area contributed by atoms with Gasteiger partial charge < -0.3 is 14.7 Å². The quantitative estimate of drug-likeness (QED) is 0.607. The van der Waals surface area contributed by atoms with E-state index in [2.05, 4.69) is 11.2 Å². The monoisotopic (exact) mass is 457 g/mol. The number of hydrogen-bond acceptors (Lipinski definition) is 6. The summed E-state index contributed by atoms with van der Waals surface area (Å²) in [5.74, 6) is 0.151. The number of Topliss-reactive ketones (excluding diaryl/α,β-unsaturated/α-hetero) is 2. The summed E-state index contributed by atoms with van der Waals surface area (Å²) in [5, 5.41) is 25.2. The molecule has 6 heteroatoms. The predicted molar refractivity (Wildman–Crippen MR) is 129 cm³/mol. The Balaban J connectivity index is 2.33. The molecule has 0 aromatic carbocycles. The van der Waals surface area contributed by atoms with Crippen molar-refractivity contribution >= 4 is 17.6 Å². The van der Waals surface area contributed by atoms with Gasteiger partial charge in [0.05, 0.1) is 12.2 Å². The van der Waals surface area contributed by atoms with Crippen molar-refractivity contribution in [1.82, 2.24) is 5.16 Å². The van der Waals surface area contributed by atoms with Crippen LogP contribution in [0.2, 0.25) is 0 Å². The van der Waals surface area contributed by atoms with Crippen molar-refractivity contribution < 1.29 is 24.3 Å². The van der Waals surface area contributed by atoms with Gasteiger partial charge in [-0.25, -0.2) is 0 Å². The highest BCUT2D eigenvalue weighted by Gasteiger charge is 2.38. The fourth-order valence-electron chi connectivity index (χ4n) is 3.91. The van der Waals surface area contributed by atoms with E-state index in [0.29, 0.717) is 12.1 Å². The average molecular weight is 458 g/mol. The van der Waals surface area contributed by atoms with Gasteiger partial charge in [-0.2, -0.15) is 0 Å². The van der Waals surface area contributed by atoms with Gasteiger partial charge in [0.1, 0.15) is 23.0 Å². The molecule has 0 fully saturated rings. The van der Waals surface area contributed by atoms with Crippen LogP contribution in [0.1, 0.15) is 78.2 Å². The third-order valence-corrected chi connectivity index (χ3v) is 6.74. The molecule has 1 aromatic rings. The third kappa shape index (κ3) is 7.90. The molecule has 0 spiro atoms. The number of allylic oxidation sites excluding steroid dienone is 4. The number of rotatable bonds is 2. The zero-order chi connectivity index (χ0) is 24.8. The number of ketones is 2. The van der Waals surface area contributed by atoms with Crippen molar-refractivity contribution in [2.24, 2.45) is 17.3 Å². The van der Waals surface area contributed by atoms with Gasteiger partial charge >= 0.3 is 0 Å². The van der Waals surface area contributed by atoms with Crippen LogP contribution >= 0.6 is 0 Å². The summed E-state index contributed by atoms with van der Waals surface area (Å²) in [4.78, 5) is 25.8. The van der Waals surface area contributed by atoms with Crippen molar-refractivity contribution in [2.75, 3.05) is 0 Å². The van der Waals surface area contributed by atoms with Crippen molar-refractivity contribution in [3.63, 3.8) is 0 Å². The second kappa shape index (κ2) is 11.7. The maximum atomic E-state index is 12.9. The number of aryl methyl sites for hydroxylation is 1. The second-order valence-corrected chi connectivity index (χ2v) is 10.1. The molecular weight excluding hydrogens is 418 g/mol. The number of aliphatic hydroxyl groups excluding tert-OH is 2. The van der Waals surface area contributed by atoms with Crippen LogP contribution in [0.5, 0.6) is 0 Å². The normalized spacial score (nSPS) is 31.2. The minimum absolute atomic E-state index is 0.0481. The maximum Gasteiger partial charge on any atom is 0.143 e. The fourth-order valence-corrected chi connectivity index (χ4v) is 3.91. The van der Waals surface area contributed by atoms with E-state index in [1.54, 1.807) is 13.8 Å². The van der Waals surface area contributed by atoms with Crippen LogP contribution in [-0.2, 0) is 9.59 Å². The van der Waals surface area contributed by atoms with Crippen LogP contribution in [0.4, 0.5) is 0 Å². The van der Waals surface area contributed by atoms with Crippen LogP contribution in [0.25, 0.3) is 6.08 Å². The van der Waals surface area contributed by atoms with E-state index in [4.69, 9.17) is 4.52 Å². The van der Waals surface area contributed by atoms with Crippen LogP contribution in [0.15, 0.2) is 40.0 Å². The molecule has 4 atom stereocenters. The Labute approximate surface area is 197 Å².